The van der Waals surface area contributed by atoms with Gasteiger partial charge < -0.3 is 19.6 Å². The van der Waals surface area contributed by atoms with Crippen molar-refractivity contribution in [3.8, 4) is 0 Å². The van der Waals surface area contributed by atoms with Gasteiger partial charge in [0.05, 0.1) is 18.8 Å². The second-order valence-electron chi connectivity index (χ2n) is 7.73. The Morgan fingerprint density at radius 1 is 1.27 bits per heavy atom. The Morgan fingerprint density at radius 3 is 2.70 bits per heavy atom. The maximum absolute atomic E-state index is 5.69. The molecular weight excluding hydrogens is 495 g/mol. The molecule has 8 nitrogen and oxygen atoms in total. The minimum absolute atomic E-state index is 0. The van der Waals surface area contributed by atoms with Crippen molar-refractivity contribution in [3.63, 3.8) is 0 Å². The standard InChI is InChI=1S/C21H34N6O2.HI/c1-4-22-21(23-11-7-10-19-25-20(16(2)3)26-29-19)24-15-17(18-9-8-14-28-18)27-12-5-6-13-27;/h8-9,14,16-17H,4-7,10-13,15H2,1-3H3,(H2,22,23,24);1H. The van der Waals surface area contributed by atoms with Gasteiger partial charge in [-0.25, -0.2) is 0 Å². The van der Waals surface area contributed by atoms with E-state index in [4.69, 9.17) is 13.9 Å². The van der Waals surface area contributed by atoms with Crippen LogP contribution in [0.2, 0.25) is 0 Å². The van der Waals surface area contributed by atoms with E-state index < -0.39 is 0 Å². The van der Waals surface area contributed by atoms with Gasteiger partial charge in [-0.1, -0.05) is 19.0 Å². The molecule has 2 N–H and O–H groups in total. The molecule has 0 amide bonds. The third-order valence-corrected chi connectivity index (χ3v) is 5.08. The van der Waals surface area contributed by atoms with E-state index in [1.807, 2.05) is 6.07 Å². The number of likely N-dealkylation sites (tertiary alicyclic amines) is 1. The zero-order valence-electron chi connectivity index (χ0n) is 18.3. The maximum Gasteiger partial charge on any atom is 0.226 e. The first kappa shape index (κ1) is 24.6. The Labute approximate surface area is 196 Å². The van der Waals surface area contributed by atoms with Crippen LogP contribution < -0.4 is 10.6 Å². The van der Waals surface area contributed by atoms with Gasteiger partial charge in [0.15, 0.2) is 11.8 Å². The number of hydrogen-bond acceptors (Lipinski definition) is 6. The summed E-state index contributed by atoms with van der Waals surface area (Å²) in [7, 11) is 0. The Kier molecular flexibility index (Phi) is 10.6. The number of aliphatic imine (C=N–C) groups is 1. The number of aryl methyl sites for hydroxylation is 1. The van der Waals surface area contributed by atoms with Crippen LogP contribution in [-0.2, 0) is 6.42 Å². The van der Waals surface area contributed by atoms with Gasteiger partial charge in [0.2, 0.25) is 5.89 Å². The molecular formula is C21H35IN6O2. The van der Waals surface area contributed by atoms with Gasteiger partial charge in [-0.05, 0) is 51.4 Å². The van der Waals surface area contributed by atoms with Gasteiger partial charge in [-0.2, -0.15) is 4.98 Å². The fourth-order valence-electron chi connectivity index (χ4n) is 3.49. The average Bonchev–Trinajstić information content (AvgIpc) is 3.48. The normalized spacial score (nSPS) is 15.9. The van der Waals surface area contributed by atoms with Crippen molar-refractivity contribution in [1.82, 2.24) is 25.7 Å². The Hall–Kier alpha value is -1.62. The molecule has 1 aliphatic heterocycles. The van der Waals surface area contributed by atoms with E-state index in [0.29, 0.717) is 12.4 Å². The molecule has 1 fully saturated rings. The molecule has 9 heteroatoms. The van der Waals surface area contributed by atoms with Gasteiger partial charge >= 0.3 is 0 Å². The lowest BCUT2D eigenvalue weighted by Crippen LogP contribution is -2.39. The Morgan fingerprint density at radius 2 is 2.07 bits per heavy atom. The van der Waals surface area contributed by atoms with Crippen molar-refractivity contribution in [2.75, 3.05) is 32.7 Å². The van der Waals surface area contributed by atoms with Crippen molar-refractivity contribution < 1.29 is 8.94 Å². The SMILES string of the molecule is CCNC(=NCC(c1ccco1)N1CCCC1)NCCCc1nc(C(C)C)no1.I. The molecule has 0 radical (unpaired) electrons. The smallest absolute Gasteiger partial charge is 0.226 e. The van der Waals surface area contributed by atoms with E-state index >= 15 is 0 Å². The van der Waals surface area contributed by atoms with Crippen LogP contribution in [0.3, 0.4) is 0 Å². The number of aromatic nitrogens is 2. The number of rotatable bonds is 10. The fraction of sp³-hybridized carbons (Fsp3) is 0.667. The van der Waals surface area contributed by atoms with Crippen molar-refractivity contribution in [3.05, 3.63) is 35.9 Å². The predicted molar refractivity (Wildman–Crippen MR) is 128 cm³/mol. The average molecular weight is 530 g/mol. The summed E-state index contributed by atoms with van der Waals surface area (Å²) in [6.45, 7) is 10.7. The maximum atomic E-state index is 5.69. The van der Waals surface area contributed by atoms with E-state index in [1.54, 1.807) is 6.26 Å². The molecule has 168 valence electrons. The molecule has 0 bridgehead atoms. The number of halogens is 1. The summed E-state index contributed by atoms with van der Waals surface area (Å²) in [5.41, 5.74) is 0. The van der Waals surface area contributed by atoms with Gasteiger partial charge in [0, 0.05) is 25.4 Å². The molecule has 3 heterocycles. The zero-order valence-corrected chi connectivity index (χ0v) is 20.6. The first-order valence-corrected chi connectivity index (χ1v) is 10.8. The second-order valence-corrected chi connectivity index (χ2v) is 7.73. The number of furan rings is 1. The predicted octanol–water partition coefficient (Wildman–Crippen LogP) is 3.73. The Bertz CT molecular complexity index is 741. The highest BCUT2D eigenvalue weighted by atomic mass is 127. The van der Waals surface area contributed by atoms with Crippen LogP contribution in [0.5, 0.6) is 0 Å². The minimum Gasteiger partial charge on any atom is -0.468 e. The van der Waals surface area contributed by atoms with E-state index in [9.17, 15) is 0 Å². The largest absolute Gasteiger partial charge is 0.468 e. The molecule has 0 spiro atoms. The molecule has 30 heavy (non-hydrogen) atoms. The van der Waals surface area contributed by atoms with Crippen LogP contribution >= 0.6 is 24.0 Å². The quantitative estimate of drug-likeness (QED) is 0.209. The molecule has 0 saturated carbocycles. The summed E-state index contributed by atoms with van der Waals surface area (Å²) in [5, 5.41) is 10.8. The molecule has 1 atom stereocenters. The lowest BCUT2D eigenvalue weighted by Gasteiger charge is -2.24. The van der Waals surface area contributed by atoms with Crippen LogP contribution in [0.15, 0.2) is 32.3 Å². The lowest BCUT2D eigenvalue weighted by molar-refractivity contribution is 0.221. The van der Waals surface area contributed by atoms with Crippen molar-refractivity contribution in [2.45, 2.75) is 58.4 Å². The molecule has 2 aromatic rings. The highest BCUT2D eigenvalue weighted by Crippen LogP contribution is 2.25. The monoisotopic (exact) mass is 530 g/mol. The van der Waals surface area contributed by atoms with E-state index in [1.165, 1.54) is 12.8 Å². The third kappa shape index (κ3) is 7.26. The van der Waals surface area contributed by atoms with Crippen molar-refractivity contribution in [2.24, 2.45) is 4.99 Å². The molecule has 0 aliphatic carbocycles. The summed E-state index contributed by atoms with van der Waals surface area (Å²) >= 11 is 0. The molecule has 1 unspecified atom stereocenters. The number of guanidine groups is 1. The Balaban J connectivity index is 0.00000320. The van der Waals surface area contributed by atoms with Gasteiger partial charge in [-0.15, -0.1) is 24.0 Å². The summed E-state index contributed by atoms with van der Waals surface area (Å²) in [6.07, 6.45) is 5.89. The van der Waals surface area contributed by atoms with Gasteiger partial charge in [0.1, 0.15) is 5.76 Å². The van der Waals surface area contributed by atoms with Gasteiger partial charge in [-0.3, -0.25) is 9.89 Å². The molecule has 1 saturated heterocycles. The topological polar surface area (TPSA) is 91.7 Å². The highest BCUT2D eigenvalue weighted by Gasteiger charge is 2.25. The van der Waals surface area contributed by atoms with Crippen LogP contribution in [0, 0.1) is 0 Å². The minimum atomic E-state index is 0. The van der Waals surface area contributed by atoms with Crippen LogP contribution in [0.25, 0.3) is 0 Å². The zero-order chi connectivity index (χ0) is 20.5. The van der Waals surface area contributed by atoms with Crippen LogP contribution in [0.4, 0.5) is 0 Å². The number of nitrogens with one attached hydrogen (secondary N) is 2. The van der Waals surface area contributed by atoms with E-state index in [-0.39, 0.29) is 35.9 Å². The summed E-state index contributed by atoms with van der Waals surface area (Å²) in [6, 6.07) is 4.19. The number of nitrogens with zero attached hydrogens (tertiary/aromatic N) is 4. The van der Waals surface area contributed by atoms with E-state index in [0.717, 1.165) is 56.6 Å². The highest BCUT2D eigenvalue weighted by molar-refractivity contribution is 14.0. The molecule has 0 aromatic carbocycles. The number of hydrogen-bond donors (Lipinski definition) is 2. The molecule has 2 aromatic heterocycles. The summed E-state index contributed by atoms with van der Waals surface area (Å²) in [4.78, 5) is 11.7. The summed E-state index contributed by atoms with van der Waals surface area (Å²) < 4.78 is 11.0. The van der Waals surface area contributed by atoms with Crippen LogP contribution in [0.1, 0.15) is 69.5 Å². The molecule has 1 aliphatic rings. The molecule has 3 rings (SSSR count). The summed E-state index contributed by atoms with van der Waals surface area (Å²) in [5.74, 6) is 3.58. The van der Waals surface area contributed by atoms with Crippen molar-refractivity contribution in [1.29, 1.82) is 0 Å². The lowest BCUT2D eigenvalue weighted by atomic mass is 10.2. The van der Waals surface area contributed by atoms with Crippen LogP contribution in [-0.4, -0.2) is 53.7 Å². The third-order valence-electron chi connectivity index (χ3n) is 5.08. The van der Waals surface area contributed by atoms with E-state index in [2.05, 4.69) is 52.5 Å². The fourth-order valence-corrected chi connectivity index (χ4v) is 3.49. The van der Waals surface area contributed by atoms with Gasteiger partial charge in [0.25, 0.3) is 0 Å². The second kappa shape index (κ2) is 12.9. The van der Waals surface area contributed by atoms with Crippen molar-refractivity contribution >= 4 is 29.9 Å². The first-order chi connectivity index (χ1) is 14.2. The first-order valence-electron chi connectivity index (χ1n) is 10.8.